The van der Waals surface area contributed by atoms with Crippen LogP contribution in [0.15, 0.2) is 42.9 Å². The molecule has 2 rings (SSSR count). The van der Waals surface area contributed by atoms with Crippen molar-refractivity contribution in [2.45, 2.75) is 12.6 Å². The summed E-state index contributed by atoms with van der Waals surface area (Å²) in [5, 5.41) is 0.747. The van der Waals surface area contributed by atoms with Crippen LogP contribution in [0.25, 0.3) is 0 Å². The molecule has 0 radical (unpaired) electrons. The molecule has 1 atom stereocenters. The molecule has 1 heterocycles. The molecule has 2 N–H and O–H groups in total. The van der Waals surface area contributed by atoms with Crippen molar-refractivity contribution in [2.24, 2.45) is 5.73 Å². The Morgan fingerprint density at radius 1 is 1.37 bits per heavy atom. The summed E-state index contributed by atoms with van der Waals surface area (Å²) >= 11 is 5.99. The van der Waals surface area contributed by atoms with Gasteiger partial charge in [-0.3, -0.25) is 4.90 Å². The Morgan fingerprint density at radius 2 is 2.21 bits per heavy atom. The van der Waals surface area contributed by atoms with Crippen LogP contribution in [0, 0.1) is 0 Å². The average Bonchev–Trinajstić information content (AvgIpc) is 2.41. The van der Waals surface area contributed by atoms with Gasteiger partial charge in [0.15, 0.2) is 0 Å². The molecule has 1 aromatic heterocycles. The standard InChI is InChI=1S/C14H17ClN4/c1-19(9-11-3-2-4-12(15)7-11)14(8-16)13-5-6-17-10-18-13/h2-7,10,14H,8-9,16H2,1H3. The van der Waals surface area contributed by atoms with Crippen molar-refractivity contribution in [1.82, 2.24) is 14.9 Å². The van der Waals surface area contributed by atoms with E-state index < -0.39 is 0 Å². The van der Waals surface area contributed by atoms with E-state index in [1.807, 2.05) is 31.3 Å². The molecule has 1 aromatic carbocycles. The number of hydrogen-bond acceptors (Lipinski definition) is 4. The minimum absolute atomic E-state index is 0.0713. The van der Waals surface area contributed by atoms with E-state index in [4.69, 9.17) is 17.3 Å². The third kappa shape index (κ3) is 3.73. The molecule has 0 saturated carbocycles. The SMILES string of the molecule is CN(Cc1cccc(Cl)c1)C(CN)c1ccncn1. The highest BCUT2D eigenvalue weighted by Gasteiger charge is 2.16. The van der Waals surface area contributed by atoms with Crippen LogP contribution in [-0.4, -0.2) is 28.5 Å². The van der Waals surface area contributed by atoms with E-state index >= 15 is 0 Å². The highest BCUT2D eigenvalue weighted by molar-refractivity contribution is 6.30. The fourth-order valence-corrected chi connectivity index (χ4v) is 2.27. The Morgan fingerprint density at radius 3 is 2.84 bits per heavy atom. The summed E-state index contributed by atoms with van der Waals surface area (Å²) in [6.07, 6.45) is 3.28. The summed E-state index contributed by atoms with van der Waals surface area (Å²) in [4.78, 5) is 10.4. The lowest BCUT2D eigenvalue weighted by Crippen LogP contribution is -2.30. The van der Waals surface area contributed by atoms with E-state index in [0.717, 1.165) is 22.8 Å². The molecule has 100 valence electrons. The van der Waals surface area contributed by atoms with Crippen molar-refractivity contribution >= 4 is 11.6 Å². The maximum absolute atomic E-state index is 5.99. The van der Waals surface area contributed by atoms with Crippen molar-refractivity contribution in [3.05, 3.63) is 59.1 Å². The van der Waals surface area contributed by atoms with Crippen LogP contribution in [0.5, 0.6) is 0 Å². The van der Waals surface area contributed by atoms with Crippen LogP contribution < -0.4 is 5.73 Å². The summed E-state index contributed by atoms with van der Waals surface area (Å²) in [6.45, 7) is 1.28. The van der Waals surface area contributed by atoms with Crippen molar-refractivity contribution < 1.29 is 0 Å². The van der Waals surface area contributed by atoms with Gasteiger partial charge in [0.1, 0.15) is 6.33 Å². The third-order valence-electron chi connectivity index (χ3n) is 3.02. The topological polar surface area (TPSA) is 55.0 Å². The molecule has 0 amide bonds. The third-order valence-corrected chi connectivity index (χ3v) is 3.26. The van der Waals surface area contributed by atoms with Gasteiger partial charge in [0.2, 0.25) is 0 Å². The fourth-order valence-electron chi connectivity index (χ4n) is 2.06. The van der Waals surface area contributed by atoms with Gasteiger partial charge in [0, 0.05) is 24.3 Å². The van der Waals surface area contributed by atoms with Gasteiger partial charge in [-0.05, 0) is 30.8 Å². The minimum atomic E-state index is 0.0713. The molecule has 0 bridgehead atoms. The second kappa shape index (κ2) is 6.61. The second-order valence-corrected chi connectivity index (χ2v) is 4.87. The van der Waals surface area contributed by atoms with Crippen LogP contribution in [0.1, 0.15) is 17.3 Å². The molecule has 5 heteroatoms. The number of hydrogen-bond donors (Lipinski definition) is 1. The molecule has 0 aliphatic carbocycles. The summed E-state index contributed by atoms with van der Waals surface area (Å²) in [5.41, 5.74) is 7.95. The summed E-state index contributed by atoms with van der Waals surface area (Å²) in [6, 6.07) is 9.80. The molecular formula is C14H17ClN4. The van der Waals surface area contributed by atoms with Crippen LogP contribution in [0.2, 0.25) is 5.02 Å². The lowest BCUT2D eigenvalue weighted by molar-refractivity contribution is 0.237. The van der Waals surface area contributed by atoms with Gasteiger partial charge >= 0.3 is 0 Å². The fraction of sp³-hybridized carbons (Fsp3) is 0.286. The first-order chi connectivity index (χ1) is 9.20. The van der Waals surface area contributed by atoms with Crippen LogP contribution >= 0.6 is 11.6 Å². The van der Waals surface area contributed by atoms with Crippen molar-refractivity contribution in [3.8, 4) is 0 Å². The maximum atomic E-state index is 5.99. The number of likely N-dealkylation sites (N-methyl/N-ethyl adjacent to an activating group) is 1. The molecule has 4 nitrogen and oxygen atoms in total. The Balaban J connectivity index is 2.11. The van der Waals surface area contributed by atoms with Crippen LogP contribution in [0.3, 0.4) is 0 Å². The first-order valence-electron chi connectivity index (χ1n) is 6.11. The number of aromatic nitrogens is 2. The number of benzene rings is 1. The smallest absolute Gasteiger partial charge is 0.115 e. The Hall–Kier alpha value is -1.49. The lowest BCUT2D eigenvalue weighted by atomic mass is 10.1. The molecule has 1 unspecified atom stereocenters. The zero-order valence-electron chi connectivity index (χ0n) is 10.8. The van der Waals surface area contributed by atoms with Crippen molar-refractivity contribution in [1.29, 1.82) is 0 Å². The van der Waals surface area contributed by atoms with Gasteiger partial charge < -0.3 is 5.73 Å². The minimum Gasteiger partial charge on any atom is -0.329 e. The van der Waals surface area contributed by atoms with Crippen LogP contribution in [-0.2, 0) is 6.54 Å². The number of nitrogens with zero attached hydrogens (tertiary/aromatic N) is 3. The first-order valence-corrected chi connectivity index (χ1v) is 6.49. The number of nitrogens with two attached hydrogens (primary N) is 1. The molecule has 0 spiro atoms. The Labute approximate surface area is 118 Å². The molecular weight excluding hydrogens is 260 g/mol. The first kappa shape index (κ1) is 13.9. The van der Waals surface area contributed by atoms with Gasteiger partial charge in [-0.1, -0.05) is 23.7 Å². The van der Waals surface area contributed by atoms with E-state index in [0.29, 0.717) is 6.54 Å². The molecule has 0 fully saturated rings. The summed E-state index contributed by atoms with van der Waals surface area (Å²) in [7, 11) is 2.03. The molecule has 2 aromatic rings. The van der Waals surface area contributed by atoms with Gasteiger partial charge in [0.05, 0.1) is 11.7 Å². The normalized spacial score (nSPS) is 12.6. The van der Waals surface area contributed by atoms with E-state index in [1.165, 1.54) is 0 Å². The molecule has 0 aliphatic heterocycles. The number of halogens is 1. The van der Waals surface area contributed by atoms with E-state index in [-0.39, 0.29) is 6.04 Å². The Kier molecular flexibility index (Phi) is 4.85. The van der Waals surface area contributed by atoms with Crippen molar-refractivity contribution in [2.75, 3.05) is 13.6 Å². The van der Waals surface area contributed by atoms with Crippen LogP contribution in [0.4, 0.5) is 0 Å². The average molecular weight is 277 g/mol. The zero-order valence-corrected chi connectivity index (χ0v) is 11.6. The number of rotatable bonds is 5. The van der Waals surface area contributed by atoms with E-state index in [9.17, 15) is 0 Å². The van der Waals surface area contributed by atoms with Gasteiger partial charge in [0.25, 0.3) is 0 Å². The quantitative estimate of drug-likeness (QED) is 0.910. The van der Waals surface area contributed by atoms with Gasteiger partial charge in [-0.15, -0.1) is 0 Å². The predicted molar refractivity (Wildman–Crippen MR) is 76.7 cm³/mol. The maximum Gasteiger partial charge on any atom is 0.115 e. The summed E-state index contributed by atoms with van der Waals surface area (Å²) < 4.78 is 0. The van der Waals surface area contributed by atoms with Gasteiger partial charge in [-0.25, -0.2) is 9.97 Å². The monoisotopic (exact) mass is 276 g/mol. The Bertz CT molecular complexity index is 518. The lowest BCUT2D eigenvalue weighted by Gasteiger charge is -2.26. The van der Waals surface area contributed by atoms with E-state index in [1.54, 1.807) is 12.5 Å². The van der Waals surface area contributed by atoms with Crippen molar-refractivity contribution in [3.63, 3.8) is 0 Å². The predicted octanol–water partition coefficient (Wildman–Crippen LogP) is 2.26. The highest BCUT2D eigenvalue weighted by Crippen LogP contribution is 2.19. The summed E-state index contributed by atoms with van der Waals surface area (Å²) in [5.74, 6) is 0. The van der Waals surface area contributed by atoms with Gasteiger partial charge in [-0.2, -0.15) is 0 Å². The van der Waals surface area contributed by atoms with E-state index in [2.05, 4.69) is 20.9 Å². The zero-order chi connectivity index (χ0) is 13.7. The largest absolute Gasteiger partial charge is 0.329 e. The molecule has 0 aliphatic rings. The second-order valence-electron chi connectivity index (χ2n) is 4.43. The highest BCUT2D eigenvalue weighted by atomic mass is 35.5. The molecule has 19 heavy (non-hydrogen) atoms. The molecule has 0 saturated heterocycles.